The van der Waals surface area contributed by atoms with Gasteiger partial charge in [-0.25, -0.2) is 9.50 Å². The highest BCUT2D eigenvalue weighted by Crippen LogP contribution is 2.23. The van der Waals surface area contributed by atoms with Crippen molar-refractivity contribution in [3.05, 3.63) is 24.2 Å². The highest BCUT2D eigenvalue weighted by molar-refractivity contribution is 5.67. The van der Waals surface area contributed by atoms with Crippen molar-refractivity contribution in [1.82, 2.24) is 14.6 Å². The molecule has 2 heterocycles. The molecule has 2 aromatic rings. The van der Waals surface area contributed by atoms with Crippen molar-refractivity contribution in [2.24, 2.45) is 5.41 Å². The van der Waals surface area contributed by atoms with Gasteiger partial charge in [-0.2, -0.15) is 5.10 Å². The Balaban J connectivity index is 2.08. The fourth-order valence-corrected chi connectivity index (χ4v) is 2.11. The number of nitrogens with zero attached hydrogens (tertiary/aromatic N) is 3. The number of anilines is 1. The SMILES string of the molecule is Cc1cc2c(NC(C)CCC(C)(C)C)nccn2n1. The van der Waals surface area contributed by atoms with E-state index in [0.29, 0.717) is 11.5 Å². The van der Waals surface area contributed by atoms with E-state index in [1.165, 1.54) is 6.42 Å². The van der Waals surface area contributed by atoms with E-state index in [0.717, 1.165) is 23.4 Å². The molecule has 1 unspecified atom stereocenters. The number of nitrogens with one attached hydrogen (secondary N) is 1. The van der Waals surface area contributed by atoms with Crippen LogP contribution in [0.2, 0.25) is 0 Å². The van der Waals surface area contributed by atoms with Gasteiger partial charge in [0.15, 0.2) is 5.82 Å². The molecule has 2 rings (SSSR count). The average Bonchev–Trinajstić information content (AvgIpc) is 2.67. The summed E-state index contributed by atoms with van der Waals surface area (Å²) in [5, 5.41) is 7.90. The molecule has 0 aliphatic heterocycles. The van der Waals surface area contributed by atoms with Gasteiger partial charge < -0.3 is 5.32 Å². The Morgan fingerprint density at radius 2 is 2.11 bits per heavy atom. The van der Waals surface area contributed by atoms with E-state index < -0.39 is 0 Å². The van der Waals surface area contributed by atoms with E-state index in [-0.39, 0.29) is 0 Å². The summed E-state index contributed by atoms with van der Waals surface area (Å²) in [5.41, 5.74) is 2.43. The maximum atomic E-state index is 4.43. The third-order valence-electron chi connectivity index (χ3n) is 3.22. The molecule has 0 radical (unpaired) electrons. The van der Waals surface area contributed by atoms with Gasteiger partial charge in [-0.3, -0.25) is 0 Å². The summed E-state index contributed by atoms with van der Waals surface area (Å²) in [6.07, 6.45) is 6.01. The van der Waals surface area contributed by atoms with Gasteiger partial charge in [-0.05, 0) is 38.2 Å². The molecule has 0 amide bonds. The van der Waals surface area contributed by atoms with Crippen LogP contribution in [0.3, 0.4) is 0 Å². The van der Waals surface area contributed by atoms with Crippen molar-refractivity contribution in [3.63, 3.8) is 0 Å². The van der Waals surface area contributed by atoms with Gasteiger partial charge >= 0.3 is 0 Å². The van der Waals surface area contributed by atoms with Gasteiger partial charge in [-0.15, -0.1) is 0 Å². The van der Waals surface area contributed by atoms with E-state index in [1.54, 1.807) is 6.20 Å². The summed E-state index contributed by atoms with van der Waals surface area (Å²) in [6.45, 7) is 11.0. The summed E-state index contributed by atoms with van der Waals surface area (Å²) in [4.78, 5) is 4.43. The van der Waals surface area contributed by atoms with Crippen molar-refractivity contribution in [2.45, 2.75) is 53.5 Å². The first-order chi connectivity index (χ1) is 8.85. The van der Waals surface area contributed by atoms with Crippen molar-refractivity contribution in [1.29, 1.82) is 0 Å². The third-order valence-corrected chi connectivity index (χ3v) is 3.22. The van der Waals surface area contributed by atoms with Crippen molar-refractivity contribution >= 4 is 11.3 Å². The fraction of sp³-hybridized carbons (Fsp3) is 0.600. The molecule has 0 aromatic carbocycles. The highest BCUT2D eigenvalue weighted by atomic mass is 15.2. The van der Waals surface area contributed by atoms with Crippen molar-refractivity contribution in [3.8, 4) is 0 Å². The fourth-order valence-electron chi connectivity index (χ4n) is 2.11. The quantitative estimate of drug-likeness (QED) is 0.912. The Morgan fingerprint density at radius 3 is 2.79 bits per heavy atom. The first kappa shape index (κ1) is 13.8. The lowest BCUT2D eigenvalue weighted by Crippen LogP contribution is -2.19. The van der Waals surface area contributed by atoms with Crippen LogP contribution < -0.4 is 5.32 Å². The van der Waals surface area contributed by atoms with Gasteiger partial charge in [0.25, 0.3) is 0 Å². The van der Waals surface area contributed by atoms with Gasteiger partial charge in [-0.1, -0.05) is 20.8 Å². The maximum absolute atomic E-state index is 4.43. The molecule has 1 N–H and O–H groups in total. The molecular formula is C15H24N4. The standard InChI is InChI=1S/C15H24N4/c1-11(6-7-15(3,4)5)17-14-13-10-12(2)18-19(13)9-8-16-14/h8-11H,6-7H2,1-5H3,(H,16,17). The molecule has 1 atom stereocenters. The molecule has 0 saturated heterocycles. The highest BCUT2D eigenvalue weighted by Gasteiger charge is 2.14. The second-order valence-corrected chi connectivity index (χ2v) is 6.54. The molecule has 0 bridgehead atoms. The molecule has 0 saturated carbocycles. The lowest BCUT2D eigenvalue weighted by molar-refractivity contribution is 0.357. The third kappa shape index (κ3) is 3.69. The maximum Gasteiger partial charge on any atom is 0.152 e. The summed E-state index contributed by atoms with van der Waals surface area (Å²) in [7, 11) is 0. The van der Waals surface area contributed by atoms with Crippen LogP contribution in [-0.4, -0.2) is 20.6 Å². The molecule has 0 fully saturated rings. The van der Waals surface area contributed by atoms with Crippen LogP contribution in [0.1, 0.15) is 46.2 Å². The van der Waals surface area contributed by atoms with Gasteiger partial charge in [0.05, 0.1) is 5.69 Å². The first-order valence-corrected chi connectivity index (χ1v) is 6.93. The predicted octanol–water partition coefficient (Wildman–Crippen LogP) is 3.66. The van der Waals surface area contributed by atoms with Crippen LogP contribution in [0, 0.1) is 12.3 Å². The molecule has 104 valence electrons. The number of hydrogen-bond donors (Lipinski definition) is 1. The monoisotopic (exact) mass is 260 g/mol. The van der Waals surface area contributed by atoms with E-state index in [1.807, 2.05) is 17.6 Å². The summed E-state index contributed by atoms with van der Waals surface area (Å²) >= 11 is 0. The molecule has 0 aliphatic carbocycles. The van der Waals surface area contributed by atoms with E-state index >= 15 is 0 Å². The van der Waals surface area contributed by atoms with Gasteiger partial charge in [0, 0.05) is 18.4 Å². The number of aromatic nitrogens is 3. The molecular weight excluding hydrogens is 236 g/mol. The van der Waals surface area contributed by atoms with E-state index in [9.17, 15) is 0 Å². The van der Waals surface area contributed by atoms with E-state index in [2.05, 4.69) is 49.2 Å². The zero-order valence-electron chi connectivity index (χ0n) is 12.6. The Bertz CT molecular complexity index is 551. The second-order valence-electron chi connectivity index (χ2n) is 6.54. The smallest absolute Gasteiger partial charge is 0.152 e. The minimum Gasteiger partial charge on any atom is -0.366 e. The van der Waals surface area contributed by atoms with Crippen molar-refractivity contribution < 1.29 is 0 Å². The van der Waals surface area contributed by atoms with Crippen molar-refractivity contribution in [2.75, 3.05) is 5.32 Å². The number of hydrogen-bond acceptors (Lipinski definition) is 3. The van der Waals surface area contributed by atoms with E-state index in [4.69, 9.17) is 0 Å². The van der Waals surface area contributed by atoms with Crippen LogP contribution in [0.5, 0.6) is 0 Å². The number of aryl methyl sites for hydroxylation is 1. The topological polar surface area (TPSA) is 42.2 Å². The lowest BCUT2D eigenvalue weighted by atomic mass is 9.89. The Hall–Kier alpha value is -1.58. The van der Waals surface area contributed by atoms with Gasteiger partial charge in [0.2, 0.25) is 0 Å². The molecule has 19 heavy (non-hydrogen) atoms. The van der Waals surface area contributed by atoms with Crippen LogP contribution in [0.4, 0.5) is 5.82 Å². The zero-order valence-corrected chi connectivity index (χ0v) is 12.6. The summed E-state index contributed by atoms with van der Waals surface area (Å²) in [6, 6.07) is 2.47. The van der Waals surface area contributed by atoms with Crippen LogP contribution in [0.25, 0.3) is 5.52 Å². The summed E-state index contributed by atoms with van der Waals surface area (Å²) < 4.78 is 1.88. The minimum atomic E-state index is 0.378. The molecule has 0 aliphatic rings. The molecule has 4 heteroatoms. The second kappa shape index (κ2) is 5.19. The van der Waals surface area contributed by atoms with Gasteiger partial charge in [0.1, 0.15) is 5.52 Å². The Morgan fingerprint density at radius 1 is 1.37 bits per heavy atom. The normalized spacial score (nSPS) is 13.7. The first-order valence-electron chi connectivity index (χ1n) is 6.93. The van der Waals surface area contributed by atoms with Crippen LogP contribution in [0.15, 0.2) is 18.5 Å². The van der Waals surface area contributed by atoms with Crippen LogP contribution >= 0.6 is 0 Å². The molecule has 0 spiro atoms. The number of fused-ring (bicyclic) bond motifs is 1. The Labute approximate surface area is 115 Å². The largest absolute Gasteiger partial charge is 0.366 e. The average molecular weight is 260 g/mol. The van der Waals surface area contributed by atoms with Crippen LogP contribution in [-0.2, 0) is 0 Å². The molecule has 4 nitrogen and oxygen atoms in total. The predicted molar refractivity (Wildman–Crippen MR) is 79.5 cm³/mol. The minimum absolute atomic E-state index is 0.378. The Kier molecular flexibility index (Phi) is 3.78. The zero-order chi connectivity index (χ0) is 14.0. The molecule has 2 aromatic heterocycles. The summed E-state index contributed by atoms with van der Waals surface area (Å²) in [5.74, 6) is 0.921. The lowest BCUT2D eigenvalue weighted by Gasteiger charge is -2.22. The number of rotatable bonds is 4.